The van der Waals surface area contributed by atoms with Gasteiger partial charge in [-0.15, -0.1) is 0 Å². The van der Waals surface area contributed by atoms with Crippen molar-refractivity contribution in [3.8, 4) is 0 Å². The highest BCUT2D eigenvalue weighted by Crippen LogP contribution is 2.27. The number of anilines is 1. The third-order valence-corrected chi connectivity index (χ3v) is 4.72. The number of sulfonamides is 1. The van der Waals surface area contributed by atoms with E-state index in [0.717, 1.165) is 16.4 Å². The van der Waals surface area contributed by atoms with E-state index < -0.39 is 26.6 Å². The van der Waals surface area contributed by atoms with Gasteiger partial charge in [0.05, 0.1) is 12.2 Å². The monoisotopic (exact) mass is 307 g/mol. The molecular formula is C10H11ClFN3O3S. The Hall–Kier alpha value is -1.38. The van der Waals surface area contributed by atoms with Crippen molar-refractivity contribution in [1.82, 2.24) is 9.62 Å². The van der Waals surface area contributed by atoms with Crippen molar-refractivity contribution >= 4 is 33.2 Å². The van der Waals surface area contributed by atoms with Crippen LogP contribution >= 0.6 is 11.6 Å². The minimum atomic E-state index is -4.14. The highest BCUT2D eigenvalue weighted by molar-refractivity contribution is 7.89. The molecule has 0 bridgehead atoms. The van der Waals surface area contributed by atoms with Gasteiger partial charge in [0.15, 0.2) is 5.82 Å². The molecule has 9 heteroatoms. The number of hydrogen-bond acceptors (Lipinski definition) is 4. The maximum atomic E-state index is 13.8. The summed E-state index contributed by atoms with van der Waals surface area (Å²) in [7, 11) is -4.14. The molecule has 1 aliphatic heterocycles. The fourth-order valence-electron chi connectivity index (χ4n) is 1.73. The molecule has 1 saturated heterocycles. The zero-order valence-electron chi connectivity index (χ0n) is 9.69. The van der Waals surface area contributed by atoms with Gasteiger partial charge < -0.3 is 11.1 Å². The molecule has 19 heavy (non-hydrogen) atoms. The first-order chi connectivity index (χ1) is 8.82. The zero-order chi connectivity index (χ0) is 14.2. The summed E-state index contributed by atoms with van der Waals surface area (Å²) in [6, 6.07) is 2.11. The summed E-state index contributed by atoms with van der Waals surface area (Å²) in [5.74, 6) is -1.50. The molecule has 0 atom stereocenters. The van der Waals surface area contributed by atoms with E-state index in [-0.39, 0.29) is 30.3 Å². The average molecular weight is 308 g/mol. The van der Waals surface area contributed by atoms with Gasteiger partial charge in [0.2, 0.25) is 15.9 Å². The van der Waals surface area contributed by atoms with Crippen molar-refractivity contribution in [2.75, 3.05) is 25.4 Å². The molecule has 0 aromatic heterocycles. The molecule has 6 nitrogen and oxygen atoms in total. The molecule has 2 rings (SSSR count). The molecule has 1 aromatic carbocycles. The highest BCUT2D eigenvalue weighted by atomic mass is 35.5. The second-order valence-electron chi connectivity index (χ2n) is 4.00. The lowest BCUT2D eigenvalue weighted by molar-refractivity contribution is -0.122. The molecule has 0 radical (unpaired) electrons. The number of piperazine rings is 1. The molecular weight excluding hydrogens is 297 g/mol. The Balaban J connectivity index is 2.47. The van der Waals surface area contributed by atoms with Crippen LogP contribution in [0, 0.1) is 5.82 Å². The standard InChI is InChI=1S/C10H11ClFN3O3S/c11-6-3-7(13)10(12)8(4-6)19(17,18)15-2-1-14-9(16)5-15/h3-4H,1-2,5,13H2,(H,14,16). The minimum Gasteiger partial charge on any atom is -0.396 e. The molecule has 0 aliphatic carbocycles. The minimum absolute atomic E-state index is 0.0129. The van der Waals surface area contributed by atoms with E-state index in [1.54, 1.807) is 0 Å². The Morgan fingerprint density at radius 2 is 2.11 bits per heavy atom. The lowest BCUT2D eigenvalue weighted by Gasteiger charge is -2.26. The fraction of sp³-hybridized carbons (Fsp3) is 0.300. The first-order valence-corrected chi connectivity index (χ1v) is 7.15. The highest BCUT2D eigenvalue weighted by Gasteiger charge is 2.32. The third kappa shape index (κ3) is 2.65. The summed E-state index contributed by atoms with van der Waals surface area (Å²) in [6.45, 7) is -0.107. The maximum absolute atomic E-state index is 13.8. The predicted molar refractivity (Wildman–Crippen MR) is 67.6 cm³/mol. The van der Waals surface area contributed by atoms with Crippen LogP contribution in [0.2, 0.25) is 5.02 Å². The second-order valence-corrected chi connectivity index (χ2v) is 6.34. The molecule has 0 unspecified atom stereocenters. The van der Waals surface area contributed by atoms with E-state index in [9.17, 15) is 17.6 Å². The van der Waals surface area contributed by atoms with Crippen LogP contribution < -0.4 is 11.1 Å². The number of amides is 1. The van der Waals surface area contributed by atoms with Crippen LogP contribution in [0.5, 0.6) is 0 Å². The smallest absolute Gasteiger partial charge is 0.246 e. The van der Waals surface area contributed by atoms with Gasteiger partial charge in [-0.1, -0.05) is 11.6 Å². The van der Waals surface area contributed by atoms with Crippen LogP contribution in [0.4, 0.5) is 10.1 Å². The van der Waals surface area contributed by atoms with Crippen LogP contribution in [0.3, 0.4) is 0 Å². The third-order valence-electron chi connectivity index (χ3n) is 2.65. The number of nitrogens with zero attached hydrogens (tertiary/aromatic N) is 1. The Morgan fingerprint density at radius 1 is 1.42 bits per heavy atom. The predicted octanol–water partition coefficient (Wildman–Crippen LogP) is 0.182. The summed E-state index contributed by atoms with van der Waals surface area (Å²) in [5, 5.41) is 2.50. The molecule has 3 N–H and O–H groups in total. The number of carbonyl (C=O) groups is 1. The van der Waals surface area contributed by atoms with Gasteiger partial charge in [-0.3, -0.25) is 4.79 Å². The van der Waals surface area contributed by atoms with Gasteiger partial charge in [-0.25, -0.2) is 12.8 Å². The molecule has 1 fully saturated rings. The molecule has 0 saturated carbocycles. The van der Waals surface area contributed by atoms with Crippen molar-refractivity contribution in [2.24, 2.45) is 0 Å². The number of rotatable bonds is 2. The van der Waals surface area contributed by atoms with Crippen molar-refractivity contribution in [3.05, 3.63) is 23.0 Å². The van der Waals surface area contributed by atoms with Crippen LogP contribution in [-0.4, -0.2) is 38.3 Å². The van der Waals surface area contributed by atoms with Crippen molar-refractivity contribution in [2.45, 2.75) is 4.90 Å². The number of hydrogen-bond donors (Lipinski definition) is 2. The largest absolute Gasteiger partial charge is 0.396 e. The molecule has 1 amide bonds. The van der Waals surface area contributed by atoms with Crippen LogP contribution in [0.15, 0.2) is 17.0 Å². The number of nitrogen functional groups attached to an aromatic ring is 1. The second kappa shape index (κ2) is 4.95. The van der Waals surface area contributed by atoms with Gasteiger partial charge in [0.25, 0.3) is 0 Å². The summed E-state index contributed by atoms with van der Waals surface area (Å²) in [4.78, 5) is 10.6. The number of benzene rings is 1. The average Bonchev–Trinajstić information content (AvgIpc) is 2.33. The Bertz CT molecular complexity index is 635. The van der Waals surface area contributed by atoms with Crippen LogP contribution in [-0.2, 0) is 14.8 Å². The summed E-state index contributed by atoms with van der Waals surface area (Å²) in [6.07, 6.45) is 0. The Labute approximate surface area is 114 Å². The Morgan fingerprint density at radius 3 is 2.74 bits per heavy atom. The quantitative estimate of drug-likeness (QED) is 0.762. The normalized spacial score (nSPS) is 17.3. The van der Waals surface area contributed by atoms with E-state index in [0.29, 0.717) is 0 Å². The summed E-state index contributed by atoms with van der Waals surface area (Å²) in [5.41, 5.74) is 5.00. The van der Waals surface area contributed by atoms with Crippen LogP contribution in [0.25, 0.3) is 0 Å². The Kier molecular flexibility index (Phi) is 3.66. The molecule has 0 spiro atoms. The van der Waals surface area contributed by atoms with Crippen molar-refractivity contribution < 1.29 is 17.6 Å². The van der Waals surface area contributed by atoms with E-state index in [1.165, 1.54) is 0 Å². The molecule has 1 heterocycles. The lowest BCUT2D eigenvalue weighted by Crippen LogP contribution is -2.50. The number of nitrogens with one attached hydrogen (secondary N) is 1. The molecule has 104 valence electrons. The van der Waals surface area contributed by atoms with E-state index in [2.05, 4.69) is 5.32 Å². The van der Waals surface area contributed by atoms with Gasteiger partial charge in [0, 0.05) is 18.1 Å². The fourth-order valence-corrected chi connectivity index (χ4v) is 3.54. The van der Waals surface area contributed by atoms with Gasteiger partial charge >= 0.3 is 0 Å². The first kappa shape index (κ1) is 14.0. The van der Waals surface area contributed by atoms with E-state index >= 15 is 0 Å². The molecule has 1 aliphatic rings. The SMILES string of the molecule is Nc1cc(Cl)cc(S(=O)(=O)N2CCNC(=O)C2)c1F. The topological polar surface area (TPSA) is 92.5 Å². The molecule has 1 aromatic rings. The van der Waals surface area contributed by atoms with Gasteiger partial charge in [-0.05, 0) is 12.1 Å². The number of nitrogens with two attached hydrogens (primary N) is 1. The number of carbonyl (C=O) groups excluding carboxylic acids is 1. The summed E-state index contributed by atoms with van der Waals surface area (Å²) >= 11 is 5.69. The summed E-state index contributed by atoms with van der Waals surface area (Å²) < 4.78 is 39.2. The van der Waals surface area contributed by atoms with Gasteiger partial charge in [0.1, 0.15) is 4.90 Å². The lowest BCUT2D eigenvalue weighted by atomic mass is 10.3. The first-order valence-electron chi connectivity index (χ1n) is 5.34. The van der Waals surface area contributed by atoms with Crippen LogP contribution in [0.1, 0.15) is 0 Å². The van der Waals surface area contributed by atoms with Crippen molar-refractivity contribution in [3.63, 3.8) is 0 Å². The maximum Gasteiger partial charge on any atom is 0.246 e. The van der Waals surface area contributed by atoms with Crippen molar-refractivity contribution in [1.29, 1.82) is 0 Å². The number of halogens is 2. The zero-order valence-corrected chi connectivity index (χ0v) is 11.3. The van der Waals surface area contributed by atoms with E-state index in [1.807, 2.05) is 0 Å². The van der Waals surface area contributed by atoms with Gasteiger partial charge in [-0.2, -0.15) is 4.31 Å². The van der Waals surface area contributed by atoms with E-state index in [4.69, 9.17) is 17.3 Å².